The van der Waals surface area contributed by atoms with Crippen LogP contribution in [-0.4, -0.2) is 35.6 Å². The summed E-state index contributed by atoms with van der Waals surface area (Å²) in [6.45, 7) is 1.61. The number of hydrogen-bond donors (Lipinski definition) is 1. The van der Waals surface area contributed by atoms with E-state index >= 15 is 0 Å². The molecule has 2 amide bonds. The molecule has 37 heavy (non-hydrogen) atoms. The van der Waals surface area contributed by atoms with Crippen molar-refractivity contribution in [3.05, 3.63) is 88.5 Å². The van der Waals surface area contributed by atoms with E-state index in [2.05, 4.69) is 0 Å². The second-order valence-corrected chi connectivity index (χ2v) is 10.0. The first-order valence-electron chi connectivity index (χ1n) is 12.3. The van der Waals surface area contributed by atoms with Crippen LogP contribution in [-0.2, 0) is 19.2 Å². The summed E-state index contributed by atoms with van der Waals surface area (Å²) in [5.74, 6) is -2.99. The Hall–Kier alpha value is -4.26. The van der Waals surface area contributed by atoms with E-state index in [4.69, 9.17) is 4.74 Å². The van der Waals surface area contributed by atoms with Crippen molar-refractivity contribution < 1.29 is 29.0 Å². The minimum absolute atomic E-state index is 0.0629. The molecule has 6 rings (SSSR count). The van der Waals surface area contributed by atoms with Crippen molar-refractivity contribution in [2.24, 2.45) is 17.8 Å². The fraction of sp³-hybridized carbons (Fsp3) is 0.267. The van der Waals surface area contributed by atoms with Gasteiger partial charge in [0.25, 0.3) is 0 Å². The number of rotatable bonds is 3. The zero-order valence-electron chi connectivity index (χ0n) is 20.4. The molecule has 0 radical (unpaired) electrons. The van der Waals surface area contributed by atoms with Gasteiger partial charge in [0.15, 0.2) is 11.6 Å². The van der Waals surface area contributed by atoms with Gasteiger partial charge in [0.1, 0.15) is 11.5 Å². The fourth-order valence-electron chi connectivity index (χ4n) is 6.44. The van der Waals surface area contributed by atoms with Crippen molar-refractivity contribution in [3.8, 4) is 11.5 Å². The summed E-state index contributed by atoms with van der Waals surface area (Å²) >= 11 is 0. The highest BCUT2D eigenvalue weighted by molar-refractivity contribution is 6.25. The SMILES string of the molecule is COc1ccc([C@H]2C3=CC[C@@H]4C(=O)N(c5ccccc5)C(=O)[C@@H]4[C@@H]3CC3=C2C(=O)C(C)=CC3=O)c(O)c1. The van der Waals surface area contributed by atoms with Crippen LogP contribution in [0.5, 0.6) is 11.5 Å². The molecule has 4 aliphatic rings. The summed E-state index contributed by atoms with van der Waals surface area (Å²) in [6.07, 6.45) is 3.83. The van der Waals surface area contributed by atoms with Gasteiger partial charge in [-0.25, -0.2) is 0 Å². The van der Waals surface area contributed by atoms with Gasteiger partial charge in [-0.1, -0.05) is 35.9 Å². The molecule has 0 saturated carbocycles. The van der Waals surface area contributed by atoms with E-state index in [-0.39, 0.29) is 35.6 Å². The van der Waals surface area contributed by atoms with E-state index in [1.165, 1.54) is 24.2 Å². The van der Waals surface area contributed by atoms with Crippen LogP contribution in [0.15, 0.2) is 83.0 Å². The molecule has 3 aliphatic carbocycles. The van der Waals surface area contributed by atoms with Crippen LogP contribution in [0.2, 0.25) is 0 Å². The highest BCUT2D eigenvalue weighted by atomic mass is 16.5. The number of para-hydroxylation sites is 1. The Kier molecular flexibility index (Phi) is 5.26. The van der Waals surface area contributed by atoms with Gasteiger partial charge >= 0.3 is 0 Å². The normalized spacial score (nSPS) is 26.9. The zero-order valence-corrected chi connectivity index (χ0v) is 20.4. The highest BCUT2D eigenvalue weighted by Crippen LogP contribution is 2.56. The maximum atomic E-state index is 13.8. The summed E-state index contributed by atoms with van der Waals surface area (Å²) < 4.78 is 5.24. The maximum absolute atomic E-state index is 13.8. The van der Waals surface area contributed by atoms with Gasteiger partial charge in [-0.15, -0.1) is 0 Å². The Bertz CT molecular complexity index is 1480. The van der Waals surface area contributed by atoms with Gasteiger partial charge in [-0.3, -0.25) is 24.1 Å². The third-order valence-corrected chi connectivity index (χ3v) is 8.13. The first kappa shape index (κ1) is 23.2. The molecule has 0 bridgehead atoms. The summed E-state index contributed by atoms with van der Waals surface area (Å²) in [6, 6.07) is 13.7. The number of phenolic OH excluding ortho intramolecular Hbond substituents is 1. The van der Waals surface area contributed by atoms with E-state index in [0.29, 0.717) is 40.1 Å². The lowest BCUT2D eigenvalue weighted by Gasteiger charge is -2.42. The number of allylic oxidation sites excluding steroid dienone is 6. The number of ether oxygens (including phenoxy) is 1. The molecule has 186 valence electrons. The topological polar surface area (TPSA) is 101 Å². The average molecular weight is 496 g/mol. The second kappa shape index (κ2) is 8.40. The third-order valence-electron chi connectivity index (χ3n) is 8.13. The number of amides is 2. The van der Waals surface area contributed by atoms with E-state index in [9.17, 15) is 24.3 Å². The number of imide groups is 1. The molecule has 4 atom stereocenters. The van der Waals surface area contributed by atoms with Crippen LogP contribution in [0.3, 0.4) is 0 Å². The summed E-state index contributed by atoms with van der Waals surface area (Å²) in [5.41, 5.74) is 2.84. The van der Waals surface area contributed by atoms with Gasteiger partial charge in [-0.05, 0) is 50.0 Å². The number of aromatic hydroxyl groups is 1. The lowest BCUT2D eigenvalue weighted by atomic mass is 9.59. The quantitative estimate of drug-likeness (QED) is 0.392. The van der Waals surface area contributed by atoms with Crippen molar-refractivity contribution in [3.63, 3.8) is 0 Å². The number of methoxy groups -OCH3 is 1. The largest absolute Gasteiger partial charge is 0.507 e. The van der Waals surface area contributed by atoms with Gasteiger partial charge in [0.2, 0.25) is 11.8 Å². The second-order valence-electron chi connectivity index (χ2n) is 10.0. The first-order valence-corrected chi connectivity index (χ1v) is 12.3. The third kappa shape index (κ3) is 3.34. The van der Waals surface area contributed by atoms with Crippen molar-refractivity contribution in [2.45, 2.75) is 25.7 Å². The van der Waals surface area contributed by atoms with Crippen molar-refractivity contribution >= 4 is 29.1 Å². The summed E-state index contributed by atoms with van der Waals surface area (Å²) in [5, 5.41) is 11.0. The molecule has 1 aliphatic heterocycles. The number of carbonyl (C=O) groups excluding carboxylic acids is 4. The Balaban J connectivity index is 1.51. The number of Topliss-reactive ketones (excluding diaryl/α,β-unsaturated/α-hetero) is 1. The molecule has 0 unspecified atom stereocenters. The summed E-state index contributed by atoms with van der Waals surface area (Å²) in [7, 11) is 1.49. The van der Waals surface area contributed by atoms with Crippen molar-refractivity contribution in [2.75, 3.05) is 12.0 Å². The van der Waals surface area contributed by atoms with Crippen molar-refractivity contribution in [1.82, 2.24) is 0 Å². The number of nitrogens with zero attached hydrogens (tertiary/aromatic N) is 1. The molecule has 1 heterocycles. The minimum atomic E-state index is -0.700. The van der Waals surface area contributed by atoms with Crippen LogP contribution in [0.4, 0.5) is 5.69 Å². The molecule has 7 heteroatoms. The fourth-order valence-corrected chi connectivity index (χ4v) is 6.44. The van der Waals surface area contributed by atoms with Gasteiger partial charge in [0, 0.05) is 34.3 Å². The van der Waals surface area contributed by atoms with Gasteiger partial charge in [-0.2, -0.15) is 0 Å². The smallest absolute Gasteiger partial charge is 0.238 e. The maximum Gasteiger partial charge on any atom is 0.238 e. The number of carbonyl (C=O) groups is 4. The van der Waals surface area contributed by atoms with Gasteiger partial charge in [0.05, 0.1) is 24.6 Å². The number of fused-ring (bicyclic) bond motifs is 3. The first-order chi connectivity index (χ1) is 17.8. The van der Waals surface area contributed by atoms with E-state index < -0.39 is 23.7 Å². The molecule has 2 aromatic rings. The zero-order chi connectivity index (χ0) is 26.0. The van der Waals surface area contributed by atoms with Crippen molar-refractivity contribution in [1.29, 1.82) is 0 Å². The Morgan fingerprint density at radius 3 is 2.43 bits per heavy atom. The van der Waals surface area contributed by atoms with Crippen LogP contribution in [0, 0.1) is 17.8 Å². The number of anilines is 1. The van der Waals surface area contributed by atoms with Gasteiger partial charge < -0.3 is 9.84 Å². The minimum Gasteiger partial charge on any atom is -0.507 e. The van der Waals surface area contributed by atoms with Crippen LogP contribution in [0.25, 0.3) is 0 Å². The molecule has 7 nitrogen and oxygen atoms in total. The molecule has 2 aromatic carbocycles. The molecular weight excluding hydrogens is 470 g/mol. The molecule has 1 N–H and O–H groups in total. The predicted octanol–water partition coefficient (Wildman–Crippen LogP) is 4.03. The molecule has 0 aromatic heterocycles. The monoisotopic (exact) mass is 495 g/mol. The number of phenols is 1. The predicted molar refractivity (Wildman–Crippen MR) is 135 cm³/mol. The van der Waals surface area contributed by atoms with Crippen LogP contribution in [0.1, 0.15) is 31.2 Å². The molecule has 0 spiro atoms. The number of ketones is 2. The van der Waals surface area contributed by atoms with E-state index in [1.807, 2.05) is 12.1 Å². The number of hydrogen-bond acceptors (Lipinski definition) is 6. The molecule has 1 fully saturated rings. The Labute approximate surface area is 213 Å². The summed E-state index contributed by atoms with van der Waals surface area (Å²) in [4.78, 5) is 55.1. The highest BCUT2D eigenvalue weighted by Gasteiger charge is 2.56. The Morgan fingerprint density at radius 2 is 1.73 bits per heavy atom. The Morgan fingerprint density at radius 1 is 0.973 bits per heavy atom. The average Bonchev–Trinajstić information content (AvgIpc) is 3.16. The lowest BCUT2D eigenvalue weighted by Crippen LogP contribution is -2.39. The molecule has 1 saturated heterocycles. The standard InChI is InChI=1S/C30H25NO6/c1-15-12-23(32)22-14-21-18(25(27(22)28(15)34)19-9-8-17(37-2)13-24(19)33)10-11-20-26(21)30(36)31(29(20)35)16-6-4-3-5-7-16/h3-10,12-13,20-21,25-26,33H,11,14H2,1-2H3/t20-,21+,25+,26-/m0/s1. The lowest BCUT2D eigenvalue weighted by molar-refractivity contribution is -0.123. The number of benzene rings is 2. The van der Waals surface area contributed by atoms with E-state index in [0.717, 1.165) is 5.57 Å². The van der Waals surface area contributed by atoms with Crippen LogP contribution < -0.4 is 9.64 Å². The van der Waals surface area contributed by atoms with E-state index in [1.54, 1.807) is 43.3 Å². The molecular formula is C30H25NO6. The van der Waals surface area contributed by atoms with Crippen LogP contribution >= 0.6 is 0 Å².